The van der Waals surface area contributed by atoms with E-state index in [0.717, 1.165) is 33.1 Å². The molecule has 0 aliphatic heterocycles. The van der Waals surface area contributed by atoms with Crippen LogP contribution in [0, 0.1) is 11.3 Å². The lowest BCUT2D eigenvalue weighted by Gasteiger charge is -2.05. The molecule has 30 heavy (non-hydrogen) atoms. The van der Waals surface area contributed by atoms with Crippen molar-refractivity contribution in [3.05, 3.63) is 76.6 Å². The number of hydrogen-bond donors (Lipinski definition) is 4. The zero-order valence-electron chi connectivity index (χ0n) is 16.1. The van der Waals surface area contributed by atoms with Gasteiger partial charge in [-0.2, -0.15) is 5.26 Å². The Morgan fingerprint density at radius 2 is 1.73 bits per heavy atom. The second-order valence-corrected chi connectivity index (χ2v) is 7.17. The third-order valence-electron chi connectivity index (χ3n) is 5.43. The van der Waals surface area contributed by atoms with Gasteiger partial charge in [-0.1, -0.05) is 36.4 Å². The molecule has 0 fully saturated rings. The Hall–Kier alpha value is -4.02. The number of aromatic amines is 3. The lowest BCUT2D eigenvalue weighted by atomic mass is 10.0. The van der Waals surface area contributed by atoms with Crippen LogP contribution >= 0.6 is 0 Å². The largest absolute Gasteiger partial charge is 0.396 e. The van der Waals surface area contributed by atoms with Crippen LogP contribution in [0.2, 0.25) is 0 Å². The zero-order chi connectivity index (χ0) is 20.7. The first-order valence-electron chi connectivity index (χ1n) is 9.75. The topological polar surface area (TPSA) is 113 Å². The van der Waals surface area contributed by atoms with Gasteiger partial charge < -0.3 is 20.1 Å². The summed E-state index contributed by atoms with van der Waals surface area (Å²) in [5.41, 5.74) is 4.49. The summed E-state index contributed by atoms with van der Waals surface area (Å²) in [6.07, 6.45) is 2.92. The predicted octanol–water partition coefficient (Wildman–Crippen LogP) is 3.59. The average Bonchev–Trinajstić information content (AvgIpc) is 3.44. The normalized spacial score (nSPS) is 11.3. The molecule has 0 saturated carbocycles. The van der Waals surface area contributed by atoms with E-state index in [2.05, 4.69) is 21.0 Å². The third-order valence-corrected chi connectivity index (χ3v) is 5.43. The quantitative estimate of drug-likeness (QED) is 0.363. The molecule has 0 bridgehead atoms. The highest BCUT2D eigenvalue weighted by molar-refractivity contribution is 5.98. The van der Waals surface area contributed by atoms with Crippen molar-refractivity contribution >= 4 is 21.8 Å². The second-order valence-electron chi connectivity index (χ2n) is 7.17. The van der Waals surface area contributed by atoms with E-state index in [1.165, 1.54) is 4.57 Å². The van der Waals surface area contributed by atoms with Crippen molar-refractivity contribution in [3.8, 4) is 23.0 Å². The van der Waals surface area contributed by atoms with E-state index in [0.29, 0.717) is 24.2 Å². The second kappa shape index (κ2) is 7.10. The van der Waals surface area contributed by atoms with Crippen molar-refractivity contribution < 1.29 is 5.11 Å². The van der Waals surface area contributed by atoms with Crippen LogP contribution in [0.3, 0.4) is 0 Å². The average molecular weight is 397 g/mol. The van der Waals surface area contributed by atoms with E-state index in [4.69, 9.17) is 0 Å². The SMILES string of the molecule is N#Cc1c(-c2c(CCCO)[nH]c3ccccc23)[nH]c(=O)n1-c1c[nH]c2ccccc12. The van der Waals surface area contributed by atoms with Crippen molar-refractivity contribution in [3.63, 3.8) is 0 Å². The monoisotopic (exact) mass is 397 g/mol. The maximum Gasteiger partial charge on any atom is 0.331 e. The van der Waals surface area contributed by atoms with Gasteiger partial charge in [0.2, 0.25) is 0 Å². The van der Waals surface area contributed by atoms with Crippen LogP contribution in [-0.4, -0.2) is 31.2 Å². The van der Waals surface area contributed by atoms with Crippen LogP contribution in [0.25, 0.3) is 38.8 Å². The van der Waals surface area contributed by atoms with Gasteiger partial charge >= 0.3 is 5.69 Å². The minimum Gasteiger partial charge on any atom is -0.396 e. The maximum atomic E-state index is 13.0. The number of aryl methyl sites for hydroxylation is 1. The summed E-state index contributed by atoms with van der Waals surface area (Å²) in [6, 6.07) is 17.7. The smallest absolute Gasteiger partial charge is 0.331 e. The number of nitrogens with zero attached hydrogens (tertiary/aromatic N) is 2. The molecular formula is C23H19N5O2. The van der Waals surface area contributed by atoms with Crippen molar-refractivity contribution in [1.29, 1.82) is 5.26 Å². The number of H-pyrrole nitrogens is 3. The molecule has 0 atom stereocenters. The number of nitriles is 1. The Morgan fingerprint density at radius 3 is 2.50 bits per heavy atom. The highest BCUT2D eigenvalue weighted by Gasteiger charge is 2.23. The van der Waals surface area contributed by atoms with Crippen molar-refractivity contribution in [2.75, 3.05) is 6.61 Å². The molecule has 7 nitrogen and oxygen atoms in total. The highest BCUT2D eigenvalue weighted by Crippen LogP contribution is 2.34. The zero-order valence-corrected chi connectivity index (χ0v) is 16.1. The van der Waals surface area contributed by atoms with Gasteiger partial charge in [-0.15, -0.1) is 0 Å². The molecule has 0 spiro atoms. The van der Waals surface area contributed by atoms with E-state index in [1.54, 1.807) is 6.20 Å². The number of nitrogens with one attached hydrogen (secondary N) is 3. The molecule has 3 aromatic heterocycles. The number of rotatable bonds is 5. The fourth-order valence-corrected chi connectivity index (χ4v) is 4.12. The number of aliphatic hydroxyl groups excluding tert-OH is 1. The van der Waals surface area contributed by atoms with Crippen molar-refractivity contribution in [2.45, 2.75) is 12.8 Å². The molecule has 0 saturated heterocycles. The maximum absolute atomic E-state index is 13.0. The Kier molecular flexibility index (Phi) is 4.27. The fourth-order valence-electron chi connectivity index (χ4n) is 4.12. The van der Waals surface area contributed by atoms with E-state index < -0.39 is 0 Å². The van der Waals surface area contributed by atoms with Gasteiger partial charge in [0.25, 0.3) is 0 Å². The van der Waals surface area contributed by atoms with Gasteiger partial charge in [0.05, 0.1) is 11.4 Å². The van der Waals surface area contributed by atoms with Crippen LogP contribution in [0.4, 0.5) is 0 Å². The summed E-state index contributed by atoms with van der Waals surface area (Å²) < 4.78 is 1.42. The molecule has 0 aliphatic rings. The molecule has 148 valence electrons. The number of benzene rings is 2. The summed E-state index contributed by atoms with van der Waals surface area (Å²) in [7, 11) is 0. The number of aliphatic hydroxyl groups is 1. The van der Waals surface area contributed by atoms with Crippen LogP contribution in [-0.2, 0) is 6.42 Å². The number of imidazole rings is 1. The summed E-state index contributed by atoms with van der Waals surface area (Å²) >= 11 is 0. The molecule has 4 N–H and O–H groups in total. The Balaban J connectivity index is 1.80. The van der Waals surface area contributed by atoms with Crippen LogP contribution in [0.1, 0.15) is 17.8 Å². The minimum absolute atomic E-state index is 0.0623. The highest BCUT2D eigenvalue weighted by atomic mass is 16.2. The van der Waals surface area contributed by atoms with E-state index in [9.17, 15) is 15.2 Å². The summed E-state index contributed by atoms with van der Waals surface area (Å²) in [5, 5.41) is 21.1. The Bertz CT molecular complexity index is 1480. The van der Waals surface area contributed by atoms with E-state index in [-0.39, 0.29) is 18.0 Å². The van der Waals surface area contributed by atoms with Crippen molar-refractivity contribution in [2.24, 2.45) is 0 Å². The summed E-state index contributed by atoms with van der Waals surface area (Å²) in [6.45, 7) is 0.0623. The molecule has 7 heteroatoms. The molecule has 5 rings (SSSR count). The predicted molar refractivity (Wildman–Crippen MR) is 116 cm³/mol. The fraction of sp³-hybridized carbons (Fsp3) is 0.130. The standard InChI is InChI=1S/C23H19N5O2/c24-12-19-22(21-15-7-2-4-9-17(15)26-18(21)10-5-11-29)27-23(30)28(19)20-13-25-16-8-3-1-6-14(16)20/h1-4,6-9,13,25-26,29H,5,10-11H2,(H,27,30). The number of fused-ring (bicyclic) bond motifs is 2. The van der Waals surface area contributed by atoms with E-state index in [1.807, 2.05) is 48.5 Å². The molecule has 5 aromatic rings. The molecule has 3 heterocycles. The number of para-hydroxylation sites is 2. The molecule has 0 unspecified atom stereocenters. The van der Waals surface area contributed by atoms with E-state index >= 15 is 0 Å². The molecule has 2 aromatic carbocycles. The van der Waals surface area contributed by atoms with Gasteiger partial charge in [-0.05, 0) is 25.0 Å². The molecule has 0 aliphatic carbocycles. The lowest BCUT2D eigenvalue weighted by Crippen LogP contribution is -2.15. The van der Waals surface area contributed by atoms with Gasteiger partial charge in [0.1, 0.15) is 6.07 Å². The van der Waals surface area contributed by atoms with Gasteiger partial charge in [0, 0.05) is 45.9 Å². The van der Waals surface area contributed by atoms with Crippen molar-refractivity contribution in [1.82, 2.24) is 19.5 Å². The Morgan fingerprint density at radius 1 is 1.00 bits per heavy atom. The van der Waals surface area contributed by atoms with Gasteiger partial charge in [0.15, 0.2) is 5.69 Å². The van der Waals surface area contributed by atoms with Gasteiger partial charge in [-0.25, -0.2) is 9.36 Å². The Labute approximate surface area is 171 Å². The van der Waals surface area contributed by atoms with Crippen LogP contribution in [0.5, 0.6) is 0 Å². The summed E-state index contributed by atoms with van der Waals surface area (Å²) in [5.74, 6) is 0. The van der Waals surface area contributed by atoms with Gasteiger partial charge in [-0.3, -0.25) is 0 Å². The third kappa shape index (κ3) is 2.66. The lowest BCUT2D eigenvalue weighted by molar-refractivity contribution is 0.288. The number of aromatic nitrogens is 4. The molecule has 0 radical (unpaired) electrons. The van der Waals surface area contributed by atoms with Crippen LogP contribution in [0.15, 0.2) is 59.5 Å². The first-order chi connectivity index (χ1) is 14.7. The summed E-state index contributed by atoms with van der Waals surface area (Å²) in [4.78, 5) is 22.5. The molecular weight excluding hydrogens is 378 g/mol. The molecule has 0 amide bonds. The first-order valence-corrected chi connectivity index (χ1v) is 9.75. The minimum atomic E-state index is -0.371. The first kappa shape index (κ1) is 18.0. The number of hydrogen-bond acceptors (Lipinski definition) is 3. The van der Waals surface area contributed by atoms with Crippen LogP contribution < -0.4 is 5.69 Å².